The van der Waals surface area contributed by atoms with E-state index in [0.29, 0.717) is 18.9 Å². The molecule has 0 spiro atoms. The summed E-state index contributed by atoms with van der Waals surface area (Å²) in [7, 11) is 0. The first-order valence-electron chi connectivity index (χ1n) is 8.01. The summed E-state index contributed by atoms with van der Waals surface area (Å²) < 4.78 is 0. The lowest BCUT2D eigenvalue weighted by molar-refractivity contribution is -0.385. The highest BCUT2D eigenvalue weighted by Gasteiger charge is 2.30. The monoisotopic (exact) mass is 413 g/mol. The van der Waals surface area contributed by atoms with Crippen LogP contribution in [0.2, 0.25) is 0 Å². The molecule has 1 amide bonds. The van der Waals surface area contributed by atoms with Gasteiger partial charge in [-0.05, 0) is 18.1 Å². The number of nitrogens with two attached hydrogens (primary N) is 1. The molecule has 2 unspecified atom stereocenters. The van der Waals surface area contributed by atoms with Gasteiger partial charge in [0.05, 0.1) is 4.92 Å². The fraction of sp³-hybridized carbons (Fsp3) is 0.294. The van der Waals surface area contributed by atoms with Crippen molar-refractivity contribution in [2.75, 3.05) is 18.4 Å². The Morgan fingerprint density at radius 2 is 1.96 bits per heavy atom. The molecule has 2 atom stereocenters. The third-order valence-electron chi connectivity index (χ3n) is 4.24. The molecule has 2 aromatic rings. The van der Waals surface area contributed by atoms with Crippen molar-refractivity contribution >= 4 is 42.2 Å². The number of carbonyl (C=O) groups is 1. The van der Waals surface area contributed by atoms with Gasteiger partial charge < -0.3 is 16.0 Å². The summed E-state index contributed by atoms with van der Waals surface area (Å²) in [4.78, 5) is 28.5. The Hall–Kier alpha value is -2.42. The molecule has 3 rings (SSSR count). The molecular formula is C17H21Cl2N5O3. The average molecular weight is 414 g/mol. The molecule has 10 heteroatoms. The Balaban J connectivity index is 0.00000182. The van der Waals surface area contributed by atoms with Gasteiger partial charge in [-0.1, -0.05) is 30.3 Å². The minimum atomic E-state index is -0.669. The molecule has 1 aliphatic heterocycles. The molecule has 0 aliphatic carbocycles. The van der Waals surface area contributed by atoms with Crippen LogP contribution in [0.3, 0.4) is 0 Å². The number of likely N-dealkylation sites (tertiary alicyclic amines) is 1. The van der Waals surface area contributed by atoms with E-state index in [1.807, 2.05) is 30.3 Å². The Morgan fingerprint density at radius 3 is 2.56 bits per heavy atom. The summed E-state index contributed by atoms with van der Waals surface area (Å²) in [6.07, 6.45) is 1.98. The summed E-state index contributed by atoms with van der Waals surface area (Å²) in [5.74, 6) is 0.449. The van der Waals surface area contributed by atoms with Gasteiger partial charge in [0.15, 0.2) is 0 Å². The summed E-state index contributed by atoms with van der Waals surface area (Å²) in [6, 6.07) is 11.6. The number of amides is 1. The number of nitrogens with one attached hydrogen (secondary N) is 1. The fourth-order valence-corrected chi connectivity index (χ4v) is 2.87. The number of benzene rings is 1. The van der Waals surface area contributed by atoms with E-state index in [-0.39, 0.29) is 42.5 Å². The summed E-state index contributed by atoms with van der Waals surface area (Å²) in [6.45, 7) is 1.14. The minimum Gasteiger partial charge on any atom is -0.365 e. The summed E-state index contributed by atoms with van der Waals surface area (Å²) in [5.41, 5.74) is 6.81. The zero-order valence-corrected chi connectivity index (χ0v) is 16.0. The third-order valence-corrected chi connectivity index (χ3v) is 4.24. The maximum absolute atomic E-state index is 12.5. The first kappa shape index (κ1) is 22.6. The Morgan fingerprint density at radius 1 is 1.26 bits per heavy atom. The molecule has 1 fully saturated rings. The van der Waals surface area contributed by atoms with E-state index in [1.54, 1.807) is 11.0 Å². The molecule has 1 saturated heterocycles. The van der Waals surface area contributed by atoms with Crippen molar-refractivity contribution < 1.29 is 9.72 Å². The highest BCUT2D eigenvalue weighted by atomic mass is 35.5. The van der Waals surface area contributed by atoms with Crippen LogP contribution >= 0.6 is 24.8 Å². The van der Waals surface area contributed by atoms with Gasteiger partial charge in [0.1, 0.15) is 18.1 Å². The third kappa shape index (κ3) is 5.53. The normalized spacial score (nSPS) is 16.6. The van der Waals surface area contributed by atoms with Gasteiger partial charge in [0, 0.05) is 25.2 Å². The number of halogens is 2. The molecule has 146 valence electrons. The lowest BCUT2D eigenvalue weighted by Crippen LogP contribution is -2.38. The molecule has 0 bridgehead atoms. The van der Waals surface area contributed by atoms with Gasteiger partial charge in [-0.25, -0.2) is 4.98 Å². The van der Waals surface area contributed by atoms with Crippen molar-refractivity contribution in [2.45, 2.75) is 18.5 Å². The molecule has 3 N–H and O–H groups in total. The van der Waals surface area contributed by atoms with Crippen LogP contribution in [0.5, 0.6) is 0 Å². The zero-order chi connectivity index (χ0) is 17.8. The fourth-order valence-electron chi connectivity index (χ4n) is 2.87. The topological polar surface area (TPSA) is 114 Å². The summed E-state index contributed by atoms with van der Waals surface area (Å²) in [5, 5.41) is 13.8. The second-order valence-electron chi connectivity index (χ2n) is 5.96. The van der Waals surface area contributed by atoms with E-state index >= 15 is 0 Å². The number of hydrogen-bond acceptors (Lipinski definition) is 6. The Kier molecular flexibility index (Phi) is 8.42. The molecule has 2 heterocycles. The Bertz CT molecular complexity index is 761. The van der Waals surface area contributed by atoms with Crippen LogP contribution in [0.25, 0.3) is 0 Å². The number of hydrogen-bond donors (Lipinski definition) is 2. The van der Waals surface area contributed by atoms with E-state index in [1.165, 1.54) is 12.3 Å². The maximum Gasteiger partial charge on any atom is 0.287 e. The highest BCUT2D eigenvalue weighted by Crippen LogP contribution is 2.20. The Labute approximate surface area is 169 Å². The number of anilines is 1. The van der Waals surface area contributed by atoms with Crippen molar-refractivity contribution in [2.24, 2.45) is 5.73 Å². The van der Waals surface area contributed by atoms with Gasteiger partial charge in [-0.2, -0.15) is 0 Å². The van der Waals surface area contributed by atoms with Crippen molar-refractivity contribution in [3.63, 3.8) is 0 Å². The molecule has 0 radical (unpaired) electrons. The van der Waals surface area contributed by atoms with E-state index in [2.05, 4.69) is 10.3 Å². The summed E-state index contributed by atoms with van der Waals surface area (Å²) >= 11 is 0. The molecule has 1 aromatic carbocycles. The van der Waals surface area contributed by atoms with Crippen LogP contribution in [0.1, 0.15) is 18.0 Å². The first-order valence-corrected chi connectivity index (χ1v) is 8.01. The van der Waals surface area contributed by atoms with Crippen molar-refractivity contribution in [3.05, 3.63) is 64.3 Å². The number of nitrogens with zero attached hydrogens (tertiary/aromatic N) is 3. The standard InChI is InChI=1S/C17H19N5O3.2ClH/c18-16(12-4-2-1-3-5-12)17(23)21-9-8-13(11-21)20-15-7-6-14(10-19-15)22(24)25;;/h1-7,10,13,16H,8-9,11,18H2,(H,19,20);2*1H. The van der Waals surface area contributed by atoms with Crippen molar-refractivity contribution in [3.8, 4) is 0 Å². The smallest absolute Gasteiger partial charge is 0.287 e. The number of carbonyl (C=O) groups excluding carboxylic acids is 1. The largest absolute Gasteiger partial charge is 0.365 e. The van der Waals surface area contributed by atoms with E-state index in [9.17, 15) is 14.9 Å². The van der Waals surface area contributed by atoms with E-state index in [4.69, 9.17) is 5.73 Å². The zero-order valence-electron chi connectivity index (χ0n) is 14.4. The first-order chi connectivity index (χ1) is 12.0. The second-order valence-corrected chi connectivity index (χ2v) is 5.96. The predicted octanol–water partition coefficient (Wildman–Crippen LogP) is 2.55. The average Bonchev–Trinajstić information content (AvgIpc) is 3.10. The number of rotatable bonds is 5. The SMILES string of the molecule is Cl.Cl.NC(C(=O)N1CCC(Nc2ccc([N+](=O)[O-])cn2)C1)c1ccccc1. The van der Waals surface area contributed by atoms with E-state index in [0.717, 1.165) is 12.0 Å². The van der Waals surface area contributed by atoms with Gasteiger partial charge in [0.2, 0.25) is 5.91 Å². The number of aromatic nitrogens is 1. The van der Waals surface area contributed by atoms with Gasteiger partial charge >= 0.3 is 0 Å². The van der Waals surface area contributed by atoms with E-state index < -0.39 is 11.0 Å². The number of nitro groups is 1. The molecule has 0 saturated carbocycles. The quantitative estimate of drug-likeness (QED) is 0.574. The maximum atomic E-state index is 12.5. The lowest BCUT2D eigenvalue weighted by atomic mass is 10.1. The molecule has 8 nitrogen and oxygen atoms in total. The van der Waals surface area contributed by atoms with Crippen LogP contribution in [0, 0.1) is 10.1 Å². The van der Waals surface area contributed by atoms with Gasteiger partial charge in [-0.15, -0.1) is 24.8 Å². The van der Waals surface area contributed by atoms with Crippen LogP contribution in [-0.2, 0) is 4.79 Å². The molecule has 1 aliphatic rings. The molecular weight excluding hydrogens is 393 g/mol. The van der Waals surface area contributed by atoms with Gasteiger partial charge in [-0.3, -0.25) is 14.9 Å². The van der Waals surface area contributed by atoms with Crippen LogP contribution < -0.4 is 11.1 Å². The molecule has 1 aromatic heterocycles. The van der Waals surface area contributed by atoms with Gasteiger partial charge in [0.25, 0.3) is 5.69 Å². The predicted molar refractivity (Wildman–Crippen MR) is 107 cm³/mol. The minimum absolute atomic E-state index is 0. The second kappa shape index (κ2) is 10.1. The van der Waals surface area contributed by atoms with Crippen LogP contribution in [0.4, 0.5) is 11.5 Å². The van der Waals surface area contributed by atoms with Crippen LogP contribution in [0.15, 0.2) is 48.7 Å². The molecule has 27 heavy (non-hydrogen) atoms. The van der Waals surface area contributed by atoms with Crippen molar-refractivity contribution in [1.82, 2.24) is 9.88 Å². The van der Waals surface area contributed by atoms with Crippen molar-refractivity contribution in [1.29, 1.82) is 0 Å². The number of pyridine rings is 1. The lowest BCUT2D eigenvalue weighted by Gasteiger charge is -2.21. The highest BCUT2D eigenvalue weighted by molar-refractivity contribution is 5.85. The van der Waals surface area contributed by atoms with Crippen LogP contribution in [-0.4, -0.2) is 39.8 Å².